The first-order valence-electron chi connectivity index (χ1n) is 5.16. The Morgan fingerprint density at radius 1 is 1.39 bits per heavy atom. The van der Waals surface area contributed by atoms with E-state index in [4.69, 9.17) is 0 Å². The molecule has 0 aliphatic carbocycles. The van der Waals surface area contributed by atoms with Gasteiger partial charge in [0.2, 0.25) is 0 Å². The molecule has 0 bridgehead atoms. The summed E-state index contributed by atoms with van der Waals surface area (Å²) in [6, 6.07) is 1.95. The van der Waals surface area contributed by atoms with Gasteiger partial charge in [-0.25, -0.2) is 9.36 Å². The number of carbonyl (C=O) groups excluding carboxylic acids is 1. The molecule has 0 aliphatic rings. The average Bonchev–Trinajstić information content (AvgIpc) is 2.95. The molecule has 3 heterocycles. The van der Waals surface area contributed by atoms with Gasteiger partial charge in [-0.05, 0) is 24.5 Å². The Bertz CT molecular complexity index is 705. The Balaban J connectivity index is 1.89. The molecule has 0 aromatic carbocycles. The Kier molecular flexibility index (Phi) is 2.77. The van der Waals surface area contributed by atoms with E-state index < -0.39 is 0 Å². The minimum Gasteiger partial charge on any atom is -0.298 e. The molecule has 0 radical (unpaired) electrons. The molecule has 0 atom stereocenters. The van der Waals surface area contributed by atoms with Crippen molar-refractivity contribution < 1.29 is 4.79 Å². The highest BCUT2D eigenvalue weighted by Gasteiger charge is 2.10. The summed E-state index contributed by atoms with van der Waals surface area (Å²) in [5, 5.41) is 5.04. The van der Waals surface area contributed by atoms with Crippen molar-refractivity contribution in [1.82, 2.24) is 14.3 Å². The monoisotopic (exact) mass is 276 g/mol. The number of aromatic nitrogens is 3. The van der Waals surface area contributed by atoms with E-state index in [0.717, 1.165) is 15.9 Å². The van der Waals surface area contributed by atoms with Crippen molar-refractivity contribution in [3.05, 3.63) is 35.1 Å². The van der Waals surface area contributed by atoms with Gasteiger partial charge in [-0.2, -0.15) is 0 Å². The molecule has 0 saturated heterocycles. The highest BCUT2D eigenvalue weighted by atomic mass is 32.1. The van der Waals surface area contributed by atoms with Crippen LogP contribution in [0, 0.1) is 6.92 Å². The second-order valence-electron chi connectivity index (χ2n) is 3.68. The fraction of sp³-hybridized carbons (Fsp3) is 0.0909. The summed E-state index contributed by atoms with van der Waals surface area (Å²) in [5.41, 5.74) is 2.28. The van der Waals surface area contributed by atoms with Gasteiger partial charge >= 0.3 is 0 Å². The summed E-state index contributed by atoms with van der Waals surface area (Å²) in [4.78, 5) is 20.3. The molecule has 7 heteroatoms. The first-order valence-corrected chi connectivity index (χ1v) is 6.81. The number of thiazole rings is 1. The fourth-order valence-electron chi connectivity index (χ4n) is 1.47. The zero-order valence-corrected chi connectivity index (χ0v) is 11.0. The number of fused-ring (bicyclic) bond motifs is 1. The van der Waals surface area contributed by atoms with E-state index in [1.165, 1.54) is 22.9 Å². The number of amides is 1. The molecule has 0 saturated carbocycles. The van der Waals surface area contributed by atoms with Crippen molar-refractivity contribution in [2.45, 2.75) is 6.92 Å². The maximum Gasteiger partial charge on any atom is 0.259 e. The van der Waals surface area contributed by atoms with E-state index in [9.17, 15) is 4.79 Å². The van der Waals surface area contributed by atoms with Crippen LogP contribution in [0.3, 0.4) is 0 Å². The number of hydrogen-bond donors (Lipinski definition) is 1. The molecule has 3 aromatic rings. The van der Waals surface area contributed by atoms with Gasteiger partial charge in [-0.3, -0.25) is 15.1 Å². The van der Waals surface area contributed by atoms with Crippen LogP contribution in [-0.2, 0) is 0 Å². The molecular formula is C11H8N4OS2. The van der Waals surface area contributed by atoms with Gasteiger partial charge in [0.1, 0.15) is 5.52 Å². The van der Waals surface area contributed by atoms with Gasteiger partial charge in [0, 0.05) is 11.1 Å². The van der Waals surface area contributed by atoms with Crippen LogP contribution in [-0.4, -0.2) is 20.2 Å². The lowest BCUT2D eigenvalue weighted by Gasteiger charge is -1.96. The number of pyridine rings is 1. The molecule has 0 fully saturated rings. The summed E-state index contributed by atoms with van der Waals surface area (Å²) >= 11 is 2.68. The lowest BCUT2D eigenvalue weighted by molar-refractivity contribution is 0.102. The summed E-state index contributed by atoms with van der Waals surface area (Å²) in [6.45, 7) is 1.93. The van der Waals surface area contributed by atoms with Crippen molar-refractivity contribution in [2.24, 2.45) is 0 Å². The summed E-state index contributed by atoms with van der Waals surface area (Å²) in [6.07, 6.45) is 3.25. The highest BCUT2D eigenvalue weighted by molar-refractivity contribution is 7.22. The van der Waals surface area contributed by atoms with Crippen molar-refractivity contribution in [1.29, 1.82) is 0 Å². The first-order chi connectivity index (χ1) is 8.72. The Morgan fingerprint density at radius 2 is 2.28 bits per heavy atom. The zero-order chi connectivity index (χ0) is 12.5. The third-order valence-electron chi connectivity index (χ3n) is 2.33. The standard InChI is InChI=1S/C11H8N4OS2/c1-6-2-9-8(4-12-6)14-11(18-9)15-10(16)7-3-13-17-5-7/h2-5H,1H3,(H,14,15,16). The number of anilines is 1. The van der Waals surface area contributed by atoms with Crippen LogP contribution in [0.15, 0.2) is 23.8 Å². The molecule has 90 valence electrons. The third-order valence-corrected chi connectivity index (χ3v) is 3.85. The number of rotatable bonds is 2. The summed E-state index contributed by atoms with van der Waals surface area (Å²) in [5.74, 6) is -0.188. The van der Waals surface area contributed by atoms with Crippen LogP contribution in [0.25, 0.3) is 10.2 Å². The number of hydrogen-bond acceptors (Lipinski definition) is 6. The maximum atomic E-state index is 11.8. The lowest BCUT2D eigenvalue weighted by Crippen LogP contribution is -2.10. The minimum absolute atomic E-state index is 0.188. The van der Waals surface area contributed by atoms with E-state index in [0.29, 0.717) is 10.7 Å². The number of nitrogens with zero attached hydrogens (tertiary/aromatic N) is 3. The molecule has 0 spiro atoms. The molecule has 1 N–H and O–H groups in total. The first kappa shape index (κ1) is 11.2. The van der Waals surface area contributed by atoms with Gasteiger partial charge in [0.05, 0.1) is 22.7 Å². The molecule has 3 rings (SSSR count). The van der Waals surface area contributed by atoms with Crippen LogP contribution >= 0.6 is 22.9 Å². The SMILES string of the molecule is Cc1cc2sc(NC(=O)c3cnsc3)nc2cn1. The van der Waals surface area contributed by atoms with Crippen molar-refractivity contribution >= 4 is 44.1 Å². The van der Waals surface area contributed by atoms with Crippen LogP contribution in [0.2, 0.25) is 0 Å². The van der Waals surface area contributed by atoms with Crippen LogP contribution in [0.4, 0.5) is 5.13 Å². The van der Waals surface area contributed by atoms with E-state index >= 15 is 0 Å². The molecular weight excluding hydrogens is 268 g/mol. The second-order valence-corrected chi connectivity index (χ2v) is 5.37. The van der Waals surface area contributed by atoms with Gasteiger partial charge < -0.3 is 0 Å². The largest absolute Gasteiger partial charge is 0.298 e. The molecule has 1 amide bonds. The Hall–Kier alpha value is -1.86. The smallest absolute Gasteiger partial charge is 0.259 e. The average molecular weight is 276 g/mol. The summed E-state index contributed by atoms with van der Waals surface area (Å²) < 4.78 is 4.91. The number of aryl methyl sites for hydroxylation is 1. The molecule has 3 aromatic heterocycles. The molecule has 18 heavy (non-hydrogen) atoms. The fourth-order valence-corrected chi connectivity index (χ4v) is 2.91. The quantitative estimate of drug-likeness (QED) is 0.781. The third kappa shape index (κ3) is 2.09. The van der Waals surface area contributed by atoms with E-state index in [-0.39, 0.29) is 5.91 Å². The maximum absolute atomic E-state index is 11.8. The number of nitrogens with one attached hydrogen (secondary N) is 1. The van der Waals surface area contributed by atoms with Gasteiger partial charge in [-0.1, -0.05) is 11.3 Å². The van der Waals surface area contributed by atoms with Crippen LogP contribution in [0.5, 0.6) is 0 Å². The van der Waals surface area contributed by atoms with E-state index in [2.05, 4.69) is 19.7 Å². The van der Waals surface area contributed by atoms with Gasteiger partial charge in [0.25, 0.3) is 5.91 Å². The van der Waals surface area contributed by atoms with Crippen LogP contribution in [0.1, 0.15) is 16.1 Å². The highest BCUT2D eigenvalue weighted by Crippen LogP contribution is 2.26. The Morgan fingerprint density at radius 3 is 3.06 bits per heavy atom. The second kappa shape index (κ2) is 4.43. The van der Waals surface area contributed by atoms with Crippen LogP contribution < -0.4 is 5.32 Å². The predicted octanol–water partition coefficient (Wildman–Crippen LogP) is 2.71. The van der Waals surface area contributed by atoms with Crippen molar-refractivity contribution in [3.63, 3.8) is 0 Å². The normalized spacial score (nSPS) is 10.7. The van der Waals surface area contributed by atoms with E-state index in [1.54, 1.807) is 17.8 Å². The topological polar surface area (TPSA) is 67.8 Å². The molecule has 0 unspecified atom stereocenters. The van der Waals surface area contributed by atoms with Gasteiger partial charge in [0.15, 0.2) is 5.13 Å². The van der Waals surface area contributed by atoms with Gasteiger partial charge in [-0.15, -0.1) is 0 Å². The predicted molar refractivity (Wildman–Crippen MR) is 72.2 cm³/mol. The number of carbonyl (C=O) groups is 1. The van der Waals surface area contributed by atoms with Crippen molar-refractivity contribution in [3.8, 4) is 0 Å². The Labute approximate surface area is 111 Å². The lowest BCUT2D eigenvalue weighted by atomic mass is 10.3. The van der Waals surface area contributed by atoms with Crippen molar-refractivity contribution in [2.75, 3.05) is 5.32 Å². The van der Waals surface area contributed by atoms with E-state index in [1.807, 2.05) is 13.0 Å². The molecule has 0 aliphatic heterocycles. The minimum atomic E-state index is -0.188. The summed E-state index contributed by atoms with van der Waals surface area (Å²) in [7, 11) is 0. The zero-order valence-electron chi connectivity index (χ0n) is 9.38. The molecule has 5 nitrogen and oxygen atoms in total.